The summed E-state index contributed by atoms with van der Waals surface area (Å²) >= 11 is 1.40. The predicted octanol–water partition coefficient (Wildman–Crippen LogP) is 5.12. The van der Waals surface area contributed by atoms with E-state index in [1.807, 2.05) is 25.1 Å². The molecule has 1 heterocycles. The van der Waals surface area contributed by atoms with Crippen LogP contribution in [0.4, 0.5) is 0 Å². The Labute approximate surface area is 197 Å². The summed E-state index contributed by atoms with van der Waals surface area (Å²) in [6.45, 7) is 4.73. The molecule has 0 fully saturated rings. The number of hydrogen-bond acceptors (Lipinski definition) is 5. The molecule has 7 heteroatoms. The van der Waals surface area contributed by atoms with E-state index in [2.05, 4.69) is 52.3 Å². The fraction of sp³-hybridized carbons (Fsp3) is 0.192. The molecular weight excluding hydrogens is 432 g/mol. The number of phenolic OH excluding ortho intramolecular Hbond substituents is 1. The maximum atomic E-state index is 12.5. The lowest BCUT2D eigenvalue weighted by Gasteiger charge is -2.10. The number of thioether (sulfide) groups is 1. The van der Waals surface area contributed by atoms with Crippen molar-refractivity contribution in [2.24, 2.45) is 5.10 Å². The number of aromatic nitrogens is 2. The molecule has 4 aromatic rings. The summed E-state index contributed by atoms with van der Waals surface area (Å²) in [7, 11) is 0. The zero-order valence-electron chi connectivity index (χ0n) is 18.7. The lowest BCUT2D eigenvalue weighted by Crippen LogP contribution is -2.22. The maximum Gasteiger partial charge on any atom is 0.250 e. The molecule has 1 aromatic heterocycles. The van der Waals surface area contributed by atoms with Gasteiger partial charge >= 0.3 is 0 Å². The molecule has 0 aliphatic rings. The van der Waals surface area contributed by atoms with Gasteiger partial charge in [-0.3, -0.25) is 4.79 Å². The van der Waals surface area contributed by atoms with Crippen molar-refractivity contribution in [3.63, 3.8) is 0 Å². The Bertz CT molecular complexity index is 1280. The molecule has 0 unspecified atom stereocenters. The number of nitrogens with one attached hydrogen (secondary N) is 1. The molecule has 33 heavy (non-hydrogen) atoms. The van der Waals surface area contributed by atoms with Crippen LogP contribution in [-0.4, -0.2) is 32.0 Å². The number of hydrogen-bond donors (Lipinski definition) is 2. The van der Waals surface area contributed by atoms with Crippen LogP contribution in [-0.2, 0) is 11.3 Å². The number of amides is 1. The van der Waals surface area contributed by atoms with Crippen molar-refractivity contribution in [1.29, 1.82) is 0 Å². The molecule has 0 aliphatic carbocycles. The topological polar surface area (TPSA) is 79.5 Å². The van der Waals surface area contributed by atoms with Gasteiger partial charge in [-0.2, -0.15) is 5.10 Å². The second-order valence-electron chi connectivity index (χ2n) is 7.74. The van der Waals surface area contributed by atoms with Crippen LogP contribution in [0.1, 0.15) is 30.0 Å². The number of phenols is 1. The first-order valence-electron chi connectivity index (χ1n) is 10.8. The summed E-state index contributed by atoms with van der Waals surface area (Å²) < 4.78 is 2.15. The van der Waals surface area contributed by atoms with Crippen LogP contribution in [0.25, 0.3) is 11.0 Å². The summed E-state index contributed by atoms with van der Waals surface area (Å²) in [5, 5.41) is 14.6. The molecule has 0 radical (unpaired) electrons. The van der Waals surface area contributed by atoms with Crippen molar-refractivity contribution in [2.75, 3.05) is 5.75 Å². The highest BCUT2D eigenvalue weighted by Crippen LogP contribution is 2.25. The molecule has 4 rings (SSSR count). The van der Waals surface area contributed by atoms with Crippen molar-refractivity contribution in [3.8, 4) is 5.75 Å². The molecule has 0 spiro atoms. The van der Waals surface area contributed by atoms with E-state index in [1.165, 1.54) is 22.9 Å². The van der Waals surface area contributed by atoms with Crippen LogP contribution in [0.2, 0.25) is 0 Å². The first-order valence-corrected chi connectivity index (χ1v) is 11.8. The van der Waals surface area contributed by atoms with E-state index < -0.39 is 0 Å². The highest BCUT2D eigenvalue weighted by atomic mass is 32.2. The van der Waals surface area contributed by atoms with Crippen LogP contribution in [0.15, 0.2) is 83.1 Å². The van der Waals surface area contributed by atoms with Crippen molar-refractivity contribution in [3.05, 3.63) is 89.5 Å². The number of benzene rings is 3. The molecule has 6 nitrogen and oxygen atoms in total. The average Bonchev–Trinajstić information content (AvgIpc) is 3.18. The van der Waals surface area contributed by atoms with Gasteiger partial charge in [0.25, 0.3) is 5.91 Å². The van der Waals surface area contributed by atoms with Gasteiger partial charge < -0.3 is 9.67 Å². The molecule has 0 atom stereocenters. The third kappa shape index (κ3) is 5.62. The molecule has 2 N–H and O–H groups in total. The molecule has 0 saturated carbocycles. The van der Waals surface area contributed by atoms with Crippen molar-refractivity contribution in [1.82, 2.24) is 15.0 Å². The van der Waals surface area contributed by atoms with Crippen LogP contribution in [0, 0.1) is 6.92 Å². The monoisotopic (exact) mass is 458 g/mol. The molecular formula is C26H26N4O2S. The van der Waals surface area contributed by atoms with Gasteiger partial charge in [0.05, 0.1) is 29.0 Å². The van der Waals surface area contributed by atoms with Gasteiger partial charge in [0.15, 0.2) is 5.16 Å². The lowest BCUT2D eigenvalue weighted by molar-refractivity contribution is -0.118. The standard InChI is InChI=1S/C26H26N4O2S/c1-3-22(20-12-14-21(31)15-13-20)28-29-25(32)17-33-26-27-23-6-4-5-7-24(23)30(26)16-19-10-8-18(2)9-11-19/h4-15,31H,3,16-17H2,1-2H3,(H,29,32)/b28-22+. The van der Waals surface area contributed by atoms with E-state index in [0.29, 0.717) is 13.0 Å². The number of carbonyl (C=O) groups excluding carboxylic acids is 1. The first kappa shape index (κ1) is 22.6. The van der Waals surface area contributed by atoms with E-state index in [-0.39, 0.29) is 17.4 Å². The minimum absolute atomic E-state index is 0.196. The van der Waals surface area contributed by atoms with Crippen LogP contribution in [0.5, 0.6) is 5.75 Å². The first-order chi connectivity index (χ1) is 16.0. The Kier molecular flexibility index (Phi) is 7.10. The van der Waals surface area contributed by atoms with Crippen LogP contribution < -0.4 is 5.43 Å². The van der Waals surface area contributed by atoms with E-state index in [0.717, 1.165) is 27.5 Å². The minimum atomic E-state index is -0.196. The summed E-state index contributed by atoms with van der Waals surface area (Å²) in [6, 6.07) is 23.2. The summed E-state index contributed by atoms with van der Waals surface area (Å²) in [5.74, 6) is 0.203. The van der Waals surface area contributed by atoms with Gasteiger partial charge in [0, 0.05) is 0 Å². The second-order valence-corrected chi connectivity index (χ2v) is 8.68. The van der Waals surface area contributed by atoms with Gasteiger partial charge in [0.2, 0.25) is 0 Å². The van der Waals surface area contributed by atoms with Crippen LogP contribution in [0.3, 0.4) is 0 Å². The van der Waals surface area contributed by atoms with Crippen molar-refractivity contribution in [2.45, 2.75) is 32.0 Å². The van der Waals surface area contributed by atoms with Gasteiger partial charge in [-0.25, -0.2) is 10.4 Å². The summed E-state index contributed by atoms with van der Waals surface area (Å²) in [4.78, 5) is 17.3. The van der Waals surface area contributed by atoms with E-state index in [4.69, 9.17) is 4.98 Å². The zero-order chi connectivity index (χ0) is 23.2. The fourth-order valence-corrected chi connectivity index (χ4v) is 4.29. The highest BCUT2D eigenvalue weighted by molar-refractivity contribution is 7.99. The Hall–Kier alpha value is -3.58. The Morgan fingerprint density at radius 1 is 1.06 bits per heavy atom. The van der Waals surface area contributed by atoms with Gasteiger partial charge in [0.1, 0.15) is 5.75 Å². The van der Waals surface area contributed by atoms with E-state index >= 15 is 0 Å². The Morgan fingerprint density at radius 2 is 1.79 bits per heavy atom. The van der Waals surface area contributed by atoms with Gasteiger partial charge in [-0.1, -0.05) is 60.6 Å². The van der Waals surface area contributed by atoms with Crippen LogP contribution >= 0.6 is 11.8 Å². The number of aryl methyl sites for hydroxylation is 1. The Balaban J connectivity index is 1.47. The normalized spacial score (nSPS) is 11.6. The molecule has 1 amide bonds. The molecule has 0 saturated heterocycles. The average molecular weight is 459 g/mol. The number of carbonyl (C=O) groups is 1. The quantitative estimate of drug-likeness (QED) is 0.218. The maximum absolute atomic E-state index is 12.5. The largest absolute Gasteiger partial charge is 0.508 e. The van der Waals surface area contributed by atoms with Crippen molar-refractivity contribution >= 4 is 34.4 Å². The molecule has 3 aromatic carbocycles. The number of imidazole rings is 1. The minimum Gasteiger partial charge on any atom is -0.508 e. The predicted molar refractivity (Wildman–Crippen MR) is 134 cm³/mol. The zero-order valence-corrected chi connectivity index (χ0v) is 19.5. The second kappa shape index (κ2) is 10.4. The molecule has 168 valence electrons. The fourth-order valence-electron chi connectivity index (χ4n) is 3.49. The number of nitrogens with zero attached hydrogens (tertiary/aromatic N) is 3. The van der Waals surface area contributed by atoms with Gasteiger partial charge in [-0.15, -0.1) is 0 Å². The number of hydrazone groups is 1. The third-order valence-corrected chi connectivity index (χ3v) is 6.24. The van der Waals surface area contributed by atoms with Gasteiger partial charge in [-0.05, 0) is 60.9 Å². The number of fused-ring (bicyclic) bond motifs is 1. The lowest BCUT2D eigenvalue weighted by atomic mass is 10.1. The number of rotatable bonds is 8. The summed E-state index contributed by atoms with van der Waals surface area (Å²) in [5.41, 5.74) is 8.62. The smallest absolute Gasteiger partial charge is 0.250 e. The van der Waals surface area contributed by atoms with E-state index in [1.54, 1.807) is 24.3 Å². The van der Waals surface area contributed by atoms with Crippen molar-refractivity contribution < 1.29 is 9.90 Å². The number of aromatic hydroxyl groups is 1. The molecule has 0 aliphatic heterocycles. The third-order valence-electron chi connectivity index (χ3n) is 5.26. The highest BCUT2D eigenvalue weighted by Gasteiger charge is 2.13. The number of para-hydroxylation sites is 2. The Morgan fingerprint density at radius 3 is 2.52 bits per heavy atom. The summed E-state index contributed by atoms with van der Waals surface area (Å²) in [6.07, 6.45) is 0.657. The SMILES string of the molecule is CC/C(=N\NC(=O)CSc1nc2ccccc2n1Cc1ccc(C)cc1)c1ccc(O)cc1. The molecule has 0 bridgehead atoms. The van der Waals surface area contributed by atoms with E-state index in [9.17, 15) is 9.90 Å².